The molecule has 0 spiro atoms. The summed E-state index contributed by atoms with van der Waals surface area (Å²) in [5, 5.41) is 3.79. The molecule has 0 aromatic heterocycles. The first-order chi connectivity index (χ1) is 8.35. The zero-order valence-corrected chi connectivity index (χ0v) is 11.8. The molecule has 2 rings (SSSR count). The molecule has 1 aliphatic heterocycles. The number of likely N-dealkylation sites (tertiary alicyclic amines) is 1. The molecule has 3 atom stereocenters. The van der Waals surface area contributed by atoms with E-state index in [-0.39, 0.29) is 0 Å². The minimum absolute atomic E-state index is 0.777. The van der Waals surface area contributed by atoms with E-state index < -0.39 is 0 Å². The van der Waals surface area contributed by atoms with Gasteiger partial charge in [-0.1, -0.05) is 33.1 Å². The summed E-state index contributed by atoms with van der Waals surface area (Å²) in [4.78, 5) is 2.79. The molecule has 17 heavy (non-hydrogen) atoms. The third-order valence-electron chi connectivity index (χ3n) is 4.75. The maximum Gasteiger partial charge on any atom is 0.0249 e. The average Bonchev–Trinajstić information content (AvgIpc) is 2.85. The molecule has 2 heteroatoms. The van der Waals surface area contributed by atoms with Gasteiger partial charge in [0.15, 0.2) is 0 Å². The maximum atomic E-state index is 3.79. The fourth-order valence-corrected chi connectivity index (χ4v) is 3.61. The lowest BCUT2D eigenvalue weighted by Gasteiger charge is -2.38. The molecule has 0 aromatic carbocycles. The van der Waals surface area contributed by atoms with Crippen molar-refractivity contribution in [3.05, 3.63) is 0 Å². The highest BCUT2D eigenvalue weighted by Crippen LogP contribution is 2.29. The fourth-order valence-electron chi connectivity index (χ4n) is 3.61. The van der Waals surface area contributed by atoms with Gasteiger partial charge in [0.1, 0.15) is 0 Å². The van der Waals surface area contributed by atoms with E-state index in [9.17, 15) is 0 Å². The minimum Gasteiger partial charge on any atom is -0.312 e. The van der Waals surface area contributed by atoms with Gasteiger partial charge in [-0.25, -0.2) is 0 Å². The van der Waals surface area contributed by atoms with E-state index in [2.05, 4.69) is 24.1 Å². The number of hydrogen-bond donors (Lipinski definition) is 1. The molecule has 1 saturated heterocycles. The average molecular weight is 238 g/mol. The molecule has 0 amide bonds. The quantitative estimate of drug-likeness (QED) is 0.792. The van der Waals surface area contributed by atoms with Gasteiger partial charge in [0.2, 0.25) is 0 Å². The Morgan fingerprint density at radius 2 is 1.94 bits per heavy atom. The molecule has 3 unspecified atom stereocenters. The van der Waals surface area contributed by atoms with E-state index in [1.807, 2.05) is 0 Å². The van der Waals surface area contributed by atoms with Crippen LogP contribution in [-0.2, 0) is 0 Å². The van der Waals surface area contributed by atoms with E-state index in [0.717, 1.165) is 18.0 Å². The second kappa shape index (κ2) is 6.75. The van der Waals surface area contributed by atoms with Gasteiger partial charge < -0.3 is 5.32 Å². The van der Waals surface area contributed by atoms with E-state index >= 15 is 0 Å². The van der Waals surface area contributed by atoms with Crippen LogP contribution in [0.15, 0.2) is 0 Å². The van der Waals surface area contributed by atoms with E-state index in [1.54, 1.807) is 0 Å². The lowest BCUT2D eigenvalue weighted by molar-refractivity contribution is 0.144. The molecule has 0 bridgehead atoms. The molecule has 1 aliphatic carbocycles. The van der Waals surface area contributed by atoms with Crippen LogP contribution < -0.4 is 5.32 Å². The van der Waals surface area contributed by atoms with Crippen LogP contribution in [0.2, 0.25) is 0 Å². The Bertz CT molecular complexity index is 215. The molecular weight excluding hydrogens is 208 g/mol. The van der Waals surface area contributed by atoms with Gasteiger partial charge in [-0.3, -0.25) is 4.90 Å². The summed E-state index contributed by atoms with van der Waals surface area (Å²) in [7, 11) is 0. The first kappa shape index (κ1) is 13.4. The number of nitrogens with one attached hydrogen (secondary N) is 1. The zero-order valence-electron chi connectivity index (χ0n) is 11.8. The SMILES string of the molecule is CCCNC1CCCCC1N1CCC(CC)C1. The smallest absolute Gasteiger partial charge is 0.0249 e. The van der Waals surface area contributed by atoms with Crippen molar-refractivity contribution in [1.82, 2.24) is 10.2 Å². The van der Waals surface area contributed by atoms with Crippen molar-refractivity contribution in [2.24, 2.45) is 5.92 Å². The minimum atomic E-state index is 0.777. The largest absolute Gasteiger partial charge is 0.312 e. The summed E-state index contributed by atoms with van der Waals surface area (Å²) in [6, 6.07) is 1.62. The third kappa shape index (κ3) is 3.45. The van der Waals surface area contributed by atoms with Crippen LogP contribution in [0, 0.1) is 5.92 Å². The summed E-state index contributed by atoms with van der Waals surface area (Å²) in [6.45, 7) is 8.54. The Balaban J connectivity index is 1.87. The highest BCUT2D eigenvalue weighted by atomic mass is 15.2. The normalized spacial score (nSPS) is 35.3. The molecule has 2 fully saturated rings. The van der Waals surface area contributed by atoms with Gasteiger partial charge in [0, 0.05) is 18.6 Å². The highest BCUT2D eigenvalue weighted by Gasteiger charge is 2.33. The predicted octanol–water partition coefficient (Wildman–Crippen LogP) is 3.03. The van der Waals surface area contributed by atoms with Gasteiger partial charge in [0.05, 0.1) is 0 Å². The predicted molar refractivity (Wildman–Crippen MR) is 74.3 cm³/mol. The van der Waals surface area contributed by atoms with Crippen molar-refractivity contribution in [3.63, 3.8) is 0 Å². The molecule has 0 radical (unpaired) electrons. The van der Waals surface area contributed by atoms with Crippen LogP contribution >= 0.6 is 0 Å². The summed E-state index contributed by atoms with van der Waals surface area (Å²) < 4.78 is 0. The van der Waals surface area contributed by atoms with Crippen molar-refractivity contribution >= 4 is 0 Å². The monoisotopic (exact) mass is 238 g/mol. The van der Waals surface area contributed by atoms with Crippen LogP contribution in [0.4, 0.5) is 0 Å². The summed E-state index contributed by atoms with van der Waals surface area (Å²) in [5.41, 5.74) is 0. The van der Waals surface area contributed by atoms with Gasteiger partial charge in [-0.05, 0) is 44.7 Å². The molecular formula is C15H30N2. The Labute approximate surface area is 107 Å². The molecule has 1 saturated carbocycles. The van der Waals surface area contributed by atoms with Crippen molar-refractivity contribution in [1.29, 1.82) is 0 Å². The standard InChI is InChI=1S/C15H30N2/c1-3-10-16-14-7-5-6-8-15(14)17-11-9-13(4-2)12-17/h13-16H,3-12H2,1-2H3. The molecule has 2 aliphatic rings. The second-order valence-corrected chi connectivity index (χ2v) is 5.97. The first-order valence-corrected chi connectivity index (χ1v) is 7.82. The Hall–Kier alpha value is -0.0800. The molecule has 0 aromatic rings. The lowest BCUT2D eigenvalue weighted by Crippen LogP contribution is -2.51. The van der Waals surface area contributed by atoms with Gasteiger partial charge >= 0.3 is 0 Å². The summed E-state index contributed by atoms with van der Waals surface area (Å²) >= 11 is 0. The van der Waals surface area contributed by atoms with E-state index in [0.29, 0.717) is 0 Å². The van der Waals surface area contributed by atoms with Gasteiger partial charge in [-0.2, -0.15) is 0 Å². The zero-order chi connectivity index (χ0) is 12.1. The molecule has 2 nitrogen and oxygen atoms in total. The molecule has 1 heterocycles. The van der Waals surface area contributed by atoms with E-state index in [4.69, 9.17) is 0 Å². The Kier molecular flexibility index (Phi) is 5.30. The molecule has 100 valence electrons. The van der Waals surface area contributed by atoms with Gasteiger partial charge in [0.25, 0.3) is 0 Å². The Morgan fingerprint density at radius 3 is 2.65 bits per heavy atom. The first-order valence-electron chi connectivity index (χ1n) is 7.82. The molecule has 1 N–H and O–H groups in total. The van der Waals surface area contributed by atoms with Crippen LogP contribution in [-0.4, -0.2) is 36.6 Å². The highest BCUT2D eigenvalue weighted by molar-refractivity contribution is 4.91. The number of hydrogen-bond acceptors (Lipinski definition) is 2. The van der Waals surface area contributed by atoms with Crippen LogP contribution in [0.5, 0.6) is 0 Å². The van der Waals surface area contributed by atoms with Crippen molar-refractivity contribution < 1.29 is 0 Å². The second-order valence-electron chi connectivity index (χ2n) is 5.97. The van der Waals surface area contributed by atoms with E-state index in [1.165, 1.54) is 64.6 Å². The van der Waals surface area contributed by atoms with Crippen LogP contribution in [0.3, 0.4) is 0 Å². The Morgan fingerprint density at radius 1 is 1.12 bits per heavy atom. The van der Waals surface area contributed by atoms with Crippen LogP contribution in [0.1, 0.15) is 58.8 Å². The van der Waals surface area contributed by atoms with Crippen molar-refractivity contribution in [2.75, 3.05) is 19.6 Å². The lowest BCUT2D eigenvalue weighted by atomic mass is 9.89. The summed E-state index contributed by atoms with van der Waals surface area (Å²) in [5.74, 6) is 0.976. The summed E-state index contributed by atoms with van der Waals surface area (Å²) in [6.07, 6.45) is 9.78. The van der Waals surface area contributed by atoms with Crippen molar-refractivity contribution in [3.8, 4) is 0 Å². The van der Waals surface area contributed by atoms with Crippen LogP contribution in [0.25, 0.3) is 0 Å². The fraction of sp³-hybridized carbons (Fsp3) is 1.00. The van der Waals surface area contributed by atoms with Gasteiger partial charge in [-0.15, -0.1) is 0 Å². The maximum absolute atomic E-state index is 3.79. The number of nitrogens with zero attached hydrogens (tertiary/aromatic N) is 1. The number of rotatable bonds is 5. The van der Waals surface area contributed by atoms with Crippen molar-refractivity contribution in [2.45, 2.75) is 70.9 Å². The third-order valence-corrected chi connectivity index (χ3v) is 4.75. The topological polar surface area (TPSA) is 15.3 Å².